The van der Waals surface area contributed by atoms with E-state index in [9.17, 15) is 14.0 Å². The minimum absolute atomic E-state index is 0.140. The summed E-state index contributed by atoms with van der Waals surface area (Å²) in [5.41, 5.74) is -0.593. The first-order chi connectivity index (χ1) is 7.61. The van der Waals surface area contributed by atoms with E-state index in [1.807, 2.05) is 0 Å². The lowest BCUT2D eigenvalue weighted by atomic mass is 10.1. The molecule has 0 aromatic heterocycles. The second kappa shape index (κ2) is 3.80. The van der Waals surface area contributed by atoms with Crippen LogP contribution in [0, 0.1) is 5.82 Å². The van der Waals surface area contributed by atoms with E-state index in [1.165, 1.54) is 6.07 Å². The maximum absolute atomic E-state index is 13.4. The fraction of sp³-hybridized carbons (Fsp3) is 0.200. The van der Waals surface area contributed by atoms with Crippen molar-refractivity contribution in [2.24, 2.45) is 0 Å². The Bertz CT molecular complexity index is 469. The summed E-state index contributed by atoms with van der Waals surface area (Å²) in [5.74, 6) is -3.98. The van der Waals surface area contributed by atoms with Crippen molar-refractivity contribution in [3.8, 4) is 11.5 Å². The van der Waals surface area contributed by atoms with E-state index in [2.05, 4.69) is 0 Å². The van der Waals surface area contributed by atoms with Crippen molar-refractivity contribution < 1.29 is 28.6 Å². The number of hydrogen-bond acceptors (Lipinski definition) is 4. The number of carbonyl (C=O) groups is 2. The predicted molar refractivity (Wildman–Crippen MR) is 49.4 cm³/mol. The van der Waals surface area contributed by atoms with Gasteiger partial charge in [-0.1, -0.05) is 0 Å². The number of carbonyl (C=O) groups excluding carboxylic acids is 1. The van der Waals surface area contributed by atoms with Crippen molar-refractivity contribution in [1.29, 1.82) is 0 Å². The number of benzene rings is 1. The number of Topliss-reactive ketones (excluding diaryl/α,β-unsaturated/α-hetero) is 1. The molecular formula is C10H7FO5. The van der Waals surface area contributed by atoms with Gasteiger partial charge in [-0.3, -0.25) is 4.79 Å². The third-order valence-corrected chi connectivity index (χ3v) is 2.08. The summed E-state index contributed by atoms with van der Waals surface area (Å²) >= 11 is 0. The minimum atomic E-state index is -1.73. The van der Waals surface area contributed by atoms with E-state index in [-0.39, 0.29) is 24.7 Å². The molecule has 0 fully saturated rings. The van der Waals surface area contributed by atoms with Gasteiger partial charge < -0.3 is 14.6 Å². The highest BCUT2D eigenvalue weighted by atomic mass is 19.1. The van der Waals surface area contributed by atoms with Crippen molar-refractivity contribution in [2.45, 2.75) is 0 Å². The summed E-state index contributed by atoms with van der Waals surface area (Å²) < 4.78 is 23.5. The molecule has 0 saturated heterocycles. The number of fused-ring (bicyclic) bond motifs is 1. The molecule has 0 unspecified atom stereocenters. The molecule has 6 heteroatoms. The average Bonchev–Trinajstić information content (AvgIpc) is 2.28. The van der Waals surface area contributed by atoms with Crippen LogP contribution in [0.1, 0.15) is 10.4 Å². The SMILES string of the molecule is O=C(O)C(=O)c1c(F)ccc2c1OCCO2. The molecular weight excluding hydrogens is 219 g/mol. The second-order valence-electron chi connectivity index (χ2n) is 3.08. The molecule has 0 radical (unpaired) electrons. The maximum atomic E-state index is 13.4. The Morgan fingerprint density at radius 1 is 1.25 bits per heavy atom. The van der Waals surface area contributed by atoms with Crippen LogP contribution in [0.15, 0.2) is 12.1 Å². The zero-order valence-corrected chi connectivity index (χ0v) is 8.03. The van der Waals surface area contributed by atoms with E-state index in [4.69, 9.17) is 14.6 Å². The Balaban J connectivity index is 2.58. The van der Waals surface area contributed by atoms with E-state index in [0.717, 1.165) is 6.07 Å². The van der Waals surface area contributed by atoms with E-state index >= 15 is 0 Å². The highest BCUT2D eigenvalue weighted by molar-refractivity contribution is 6.40. The van der Waals surface area contributed by atoms with Crippen LogP contribution in [0.2, 0.25) is 0 Å². The van der Waals surface area contributed by atoms with Gasteiger partial charge in [0, 0.05) is 0 Å². The van der Waals surface area contributed by atoms with Gasteiger partial charge in [0.1, 0.15) is 24.6 Å². The van der Waals surface area contributed by atoms with Gasteiger partial charge in [0.05, 0.1) is 0 Å². The molecule has 1 N–H and O–H groups in total. The lowest BCUT2D eigenvalue weighted by molar-refractivity contribution is -0.131. The molecule has 2 rings (SSSR count). The molecule has 1 aromatic carbocycles. The molecule has 1 heterocycles. The summed E-state index contributed by atoms with van der Waals surface area (Å²) in [5, 5.41) is 8.55. The summed E-state index contributed by atoms with van der Waals surface area (Å²) in [4.78, 5) is 21.8. The van der Waals surface area contributed by atoms with Crippen LogP contribution in [0.25, 0.3) is 0 Å². The van der Waals surface area contributed by atoms with Crippen LogP contribution < -0.4 is 9.47 Å². The third kappa shape index (κ3) is 1.58. The molecule has 0 saturated carbocycles. The topological polar surface area (TPSA) is 72.8 Å². The van der Waals surface area contributed by atoms with Crippen molar-refractivity contribution in [3.63, 3.8) is 0 Å². The van der Waals surface area contributed by atoms with Crippen molar-refractivity contribution in [3.05, 3.63) is 23.5 Å². The average molecular weight is 226 g/mol. The van der Waals surface area contributed by atoms with Crippen molar-refractivity contribution in [1.82, 2.24) is 0 Å². The van der Waals surface area contributed by atoms with Gasteiger partial charge in [-0.2, -0.15) is 0 Å². The first-order valence-corrected chi connectivity index (χ1v) is 4.47. The van der Waals surface area contributed by atoms with E-state index < -0.39 is 23.1 Å². The highest BCUT2D eigenvalue weighted by Crippen LogP contribution is 2.35. The Morgan fingerprint density at radius 2 is 1.94 bits per heavy atom. The molecule has 84 valence electrons. The first kappa shape index (κ1) is 10.4. The number of carboxylic acids is 1. The molecule has 1 aliphatic rings. The zero-order chi connectivity index (χ0) is 11.7. The highest BCUT2D eigenvalue weighted by Gasteiger charge is 2.28. The molecule has 0 atom stereocenters. The summed E-state index contributed by atoms with van der Waals surface area (Å²) in [6.07, 6.45) is 0. The number of halogens is 1. The van der Waals surface area contributed by atoms with Crippen LogP contribution in [-0.4, -0.2) is 30.1 Å². The molecule has 16 heavy (non-hydrogen) atoms. The normalized spacial score (nSPS) is 13.3. The molecule has 0 bridgehead atoms. The van der Waals surface area contributed by atoms with Crippen molar-refractivity contribution in [2.75, 3.05) is 13.2 Å². The quantitative estimate of drug-likeness (QED) is 0.598. The number of hydrogen-bond donors (Lipinski definition) is 1. The van der Waals surface area contributed by atoms with Gasteiger partial charge in [-0.05, 0) is 12.1 Å². The van der Waals surface area contributed by atoms with Gasteiger partial charge in [-0.25, -0.2) is 9.18 Å². The second-order valence-corrected chi connectivity index (χ2v) is 3.08. The Hall–Kier alpha value is -2.11. The summed E-state index contributed by atoms with van der Waals surface area (Å²) in [6.45, 7) is 0.426. The zero-order valence-electron chi connectivity index (χ0n) is 8.03. The lowest BCUT2D eigenvalue weighted by Crippen LogP contribution is -2.21. The standard InChI is InChI=1S/C10H7FO5/c11-5-1-2-6-9(16-4-3-15-6)7(5)8(12)10(13)14/h1-2H,3-4H2,(H,13,14). The van der Waals surface area contributed by atoms with E-state index in [1.54, 1.807) is 0 Å². The molecule has 1 aromatic rings. The Kier molecular flexibility index (Phi) is 2.47. The fourth-order valence-corrected chi connectivity index (χ4v) is 1.41. The van der Waals surface area contributed by atoms with Gasteiger partial charge in [0.2, 0.25) is 0 Å². The van der Waals surface area contributed by atoms with Gasteiger partial charge >= 0.3 is 5.97 Å². The molecule has 5 nitrogen and oxygen atoms in total. The largest absolute Gasteiger partial charge is 0.486 e. The van der Waals surface area contributed by atoms with Crippen molar-refractivity contribution >= 4 is 11.8 Å². The lowest BCUT2D eigenvalue weighted by Gasteiger charge is -2.20. The Labute approximate surface area is 89.4 Å². The molecule has 0 amide bonds. The van der Waals surface area contributed by atoms with Crippen LogP contribution >= 0.6 is 0 Å². The maximum Gasteiger partial charge on any atom is 0.377 e. The number of aliphatic carboxylic acids is 1. The van der Waals surface area contributed by atoms with Crippen LogP contribution in [0.5, 0.6) is 11.5 Å². The van der Waals surface area contributed by atoms with Crippen LogP contribution in [0.4, 0.5) is 4.39 Å². The fourth-order valence-electron chi connectivity index (χ4n) is 1.41. The van der Waals surface area contributed by atoms with Gasteiger partial charge in [0.15, 0.2) is 11.5 Å². The minimum Gasteiger partial charge on any atom is -0.486 e. The predicted octanol–water partition coefficient (Wildman–Crippen LogP) is 0.864. The van der Waals surface area contributed by atoms with Gasteiger partial charge in [0.25, 0.3) is 5.78 Å². The Morgan fingerprint density at radius 3 is 2.62 bits per heavy atom. The third-order valence-electron chi connectivity index (χ3n) is 2.08. The smallest absolute Gasteiger partial charge is 0.377 e. The number of ketones is 1. The number of ether oxygens (including phenoxy) is 2. The molecule has 0 spiro atoms. The van der Waals surface area contributed by atoms with Crippen LogP contribution in [0.3, 0.4) is 0 Å². The number of rotatable bonds is 2. The monoisotopic (exact) mass is 226 g/mol. The van der Waals surface area contributed by atoms with Gasteiger partial charge in [-0.15, -0.1) is 0 Å². The van der Waals surface area contributed by atoms with E-state index in [0.29, 0.717) is 0 Å². The van der Waals surface area contributed by atoms with Crippen LogP contribution in [-0.2, 0) is 4.79 Å². The summed E-state index contributed by atoms with van der Waals surface area (Å²) in [6, 6.07) is 2.27. The first-order valence-electron chi connectivity index (χ1n) is 4.47. The number of carboxylic acid groups (broad SMARTS) is 1. The molecule has 1 aliphatic heterocycles. The molecule has 0 aliphatic carbocycles. The summed E-state index contributed by atoms with van der Waals surface area (Å²) in [7, 11) is 0.